The Morgan fingerprint density at radius 2 is 1.87 bits per heavy atom. The predicted molar refractivity (Wildman–Crippen MR) is 120 cm³/mol. The molecule has 2 amide bonds. The van der Waals surface area contributed by atoms with Crippen LogP contribution in [0.25, 0.3) is 0 Å². The van der Waals surface area contributed by atoms with Crippen molar-refractivity contribution in [2.24, 2.45) is 7.05 Å². The summed E-state index contributed by atoms with van der Waals surface area (Å²) in [6, 6.07) is 8.66. The summed E-state index contributed by atoms with van der Waals surface area (Å²) in [6.45, 7) is 3.82. The van der Waals surface area contributed by atoms with Crippen molar-refractivity contribution < 1.29 is 14.3 Å². The minimum atomic E-state index is -0.284. The van der Waals surface area contributed by atoms with Gasteiger partial charge in [-0.05, 0) is 36.8 Å². The fraction of sp³-hybridized carbons (Fsp3) is 0.455. The summed E-state index contributed by atoms with van der Waals surface area (Å²) in [4.78, 5) is 29.5. The van der Waals surface area contributed by atoms with Gasteiger partial charge < -0.3 is 19.1 Å². The zero-order chi connectivity index (χ0) is 22.1. The highest BCUT2D eigenvalue weighted by Gasteiger charge is 2.23. The lowest BCUT2D eigenvalue weighted by Crippen LogP contribution is -2.44. The van der Waals surface area contributed by atoms with Gasteiger partial charge in [0.15, 0.2) is 0 Å². The zero-order valence-electron chi connectivity index (χ0n) is 17.7. The van der Waals surface area contributed by atoms with E-state index in [1.807, 2.05) is 29.9 Å². The number of carbonyl (C=O) groups excluding carboxylic acids is 2. The SMILES string of the molecule is CCCCN(Cc1cccn1C)C(=O)CN(CCOC)C(=O)c1ccc(Cl)c(Cl)c1. The van der Waals surface area contributed by atoms with E-state index in [1.165, 1.54) is 11.0 Å². The number of aromatic nitrogens is 1. The van der Waals surface area contributed by atoms with Crippen LogP contribution in [-0.2, 0) is 23.1 Å². The highest BCUT2D eigenvalue weighted by atomic mass is 35.5. The van der Waals surface area contributed by atoms with Crippen LogP contribution in [0.15, 0.2) is 36.5 Å². The monoisotopic (exact) mass is 453 g/mol. The minimum Gasteiger partial charge on any atom is -0.383 e. The molecule has 0 fully saturated rings. The van der Waals surface area contributed by atoms with Crippen molar-refractivity contribution in [2.75, 3.05) is 33.4 Å². The fourth-order valence-corrected chi connectivity index (χ4v) is 3.32. The first-order valence-corrected chi connectivity index (χ1v) is 10.7. The maximum absolute atomic E-state index is 13.2. The van der Waals surface area contributed by atoms with Crippen molar-refractivity contribution in [3.8, 4) is 0 Å². The molecule has 0 aliphatic rings. The highest BCUT2D eigenvalue weighted by Crippen LogP contribution is 2.23. The topological polar surface area (TPSA) is 54.8 Å². The number of hydrogen-bond acceptors (Lipinski definition) is 3. The minimum absolute atomic E-state index is 0.0312. The Balaban J connectivity index is 2.18. The number of benzene rings is 1. The zero-order valence-corrected chi connectivity index (χ0v) is 19.2. The number of ether oxygens (including phenoxy) is 1. The van der Waals surface area contributed by atoms with Crippen LogP contribution in [0.5, 0.6) is 0 Å². The van der Waals surface area contributed by atoms with Crippen LogP contribution in [0.2, 0.25) is 10.0 Å². The third-order valence-corrected chi connectivity index (χ3v) is 5.62. The second kappa shape index (κ2) is 12.0. The maximum Gasteiger partial charge on any atom is 0.254 e. The van der Waals surface area contributed by atoms with Gasteiger partial charge in [0, 0.05) is 44.7 Å². The Morgan fingerprint density at radius 1 is 1.10 bits per heavy atom. The first kappa shape index (κ1) is 24.3. The number of amides is 2. The molecule has 0 saturated carbocycles. The lowest BCUT2D eigenvalue weighted by atomic mass is 10.2. The molecule has 1 aromatic carbocycles. The normalized spacial score (nSPS) is 10.8. The van der Waals surface area contributed by atoms with Gasteiger partial charge in [-0.2, -0.15) is 0 Å². The van der Waals surface area contributed by atoms with Crippen LogP contribution < -0.4 is 0 Å². The number of halogens is 2. The molecule has 164 valence electrons. The second-order valence-corrected chi connectivity index (χ2v) is 7.94. The van der Waals surface area contributed by atoms with E-state index in [-0.39, 0.29) is 18.4 Å². The van der Waals surface area contributed by atoms with Gasteiger partial charge in [0.05, 0.1) is 23.2 Å². The van der Waals surface area contributed by atoms with Crippen LogP contribution >= 0.6 is 23.2 Å². The summed E-state index contributed by atoms with van der Waals surface area (Å²) in [5.41, 5.74) is 1.43. The molecule has 1 heterocycles. The number of methoxy groups -OCH3 is 1. The molecule has 0 saturated heterocycles. The molecule has 6 nitrogen and oxygen atoms in total. The maximum atomic E-state index is 13.2. The van der Waals surface area contributed by atoms with E-state index in [2.05, 4.69) is 6.92 Å². The number of unbranched alkanes of at least 4 members (excludes halogenated alkanes) is 1. The van der Waals surface area contributed by atoms with Crippen LogP contribution in [0.3, 0.4) is 0 Å². The predicted octanol–water partition coefficient (Wildman–Crippen LogP) is 4.25. The number of rotatable bonds is 11. The molecule has 0 radical (unpaired) electrons. The first-order valence-electron chi connectivity index (χ1n) is 9.98. The van der Waals surface area contributed by atoms with E-state index < -0.39 is 0 Å². The molecular weight excluding hydrogens is 425 g/mol. The standard InChI is InChI=1S/C22H29Cl2N3O3/c1-4-5-11-26(15-18-7-6-10-25(18)2)21(28)16-27(12-13-30-3)22(29)17-8-9-19(23)20(24)14-17/h6-10,14H,4-5,11-13,15-16H2,1-3H3. The van der Waals surface area contributed by atoms with E-state index in [0.717, 1.165) is 18.5 Å². The fourth-order valence-electron chi connectivity index (χ4n) is 3.03. The number of hydrogen-bond donors (Lipinski definition) is 0. The van der Waals surface area contributed by atoms with Crippen molar-refractivity contribution in [1.29, 1.82) is 0 Å². The quantitative estimate of drug-likeness (QED) is 0.510. The average Bonchev–Trinajstić information content (AvgIpc) is 3.14. The molecule has 2 aromatic rings. The summed E-state index contributed by atoms with van der Waals surface area (Å²) >= 11 is 12.0. The molecular formula is C22H29Cl2N3O3. The Kier molecular flexibility index (Phi) is 9.69. The highest BCUT2D eigenvalue weighted by molar-refractivity contribution is 6.42. The summed E-state index contributed by atoms with van der Waals surface area (Å²) in [5.74, 6) is -0.387. The molecule has 8 heteroatoms. The largest absolute Gasteiger partial charge is 0.383 e. The Morgan fingerprint density at radius 3 is 2.47 bits per heavy atom. The smallest absolute Gasteiger partial charge is 0.254 e. The van der Waals surface area contributed by atoms with Gasteiger partial charge in [-0.15, -0.1) is 0 Å². The number of carbonyl (C=O) groups is 2. The van der Waals surface area contributed by atoms with Crippen molar-refractivity contribution in [2.45, 2.75) is 26.3 Å². The first-order chi connectivity index (χ1) is 14.4. The second-order valence-electron chi connectivity index (χ2n) is 7.13. The van der Waals surface area contributed by atoms with Crippen molar-refractivity contribution in [3.05, 3.63) is 57.8 Å². The van der Waals surface area contributed by atoms with Gasteiger partial charge in [-0.1, -0.05) is 36.5 Å². The van der Waals surface area contributed by atoms with Gasteiger partial charge in [-0.3, -0.25) is 9.59 Å². The van der Waals surface area contributed by atoms with Gasteiger partial charge in [0.1, 0.15) is 6.54 Å². The van der Waals surface area contributed by atoms with Gasteiger partial charge >= 0.3 is 0 Å². The van der Waals surface area contributed by atoms with Gasteiger partial charge in [-0.25, -0.2) is 0 Å². The summed E-state index contributed by atoms with van der Waals surface area (Å²) in [5, 5.41) is 0.676. The molecule has 0 N–H and O–H groups in total. The molecule has 2 rings (SSSR count). The number of nitrogens with zero attached hydrogens (tertiary/aromatic N) is 3. The molecule has 0 aliphatic heterocycles. The molecule has 0 aliphatic carbocycles. The summed E-state index contributed by atoms with van der Waals surface area (Å²) < 4.78 is 7.14. The molecule has 0 atom stereocenters. The van der Waals surface area contributed by atoms with Crippen LogP contribution in [0, 0.1) is 0 Å². The average molecular weight is 454 g/mol. The van der Waals surface area contributed by atoms with Crippen LogP contribution in [0.1, 0.15) is 35.8 Å². The van der Waals surface area contributed by atoms with Gasteiger partial charge in [0.25, 0.3) is 5.91 Å². The van der Waals surface area contributed by atoms with Gasteiger partial charge in [0.2, 0.25) is 5.91 Å². The Bertz CT molecular complexity index is 854. The third kappa shape index (κ3) is 6.76. The van der Waals surface area contributed by atoms with Crippen LogP contribution in [-0.4, -0.2) is 59.5 Å². The molecule has 0 bridgehead atoms. The van der Waals surface area contributed by atoms with Crippen molar-refractivity contribution >= 4 is 35.0 Å². The lowest BCUT2D eigenvalue weighted by molar-refractivity contribution is -0.132. The molecule has 30 heavy (non-hydrogen) atoms. The summed E-state index contributed by atoms with van der Waals surface area (Å²) in [7, 11) is 3.52. The van der Waals surface area contributed by atoms with Crippen molar-refractivity contribution in [3.63, 3.8) is 0 Å². The van der Waals surface area contributed by atoms with E-state index in [0.29, 0.717) is 41.8 Å². The Labute approximate surface area is 188 Å². The number of aryl methyl sites for hydroxylation is 1. The van der Waals surface area contributed by atoms with E-state index in [1.54, 1.807) is 24.1 Å². The van der Waals surface area contributed by atoms with Crippen molar-refractivity contribution in [1.82, 2.24) is 14.4 Å². The molecule has 0 spiro atoms. The lowest BCUT2D eigenvalue weighted by Gasteiger charge is -2.28. The van der Waals surface area contributed by atoms with Crippen LogP contribution in [0.4, 0.5) is 0 Å². The summed E-state index contributed by atoms with van der Waals surface area (Å²) in [6.07, 6.45) is 3.83. The third-order valence-electron chi connectivity index (χ3n) is 4.88. The van der Waals surface area contributed by atoms with E-state index >= 15 is 0 Å². The molecule has 1 aromatic heterocycles. The van der Waals surface area contributed by atoms with E-state index in [4.69, 9.17) is 27.9 Å². The molecule has 0 unspecified atom stereocenters. The Hall–Kier alpha value is -2.02. The van der Waals surface area contributed by atoms with E-state index in [9.17, 15) is 9.59 Å².